The molecule has 108 valence electrons. The monoisotopic (exact) mass is 294 g/mol. The first-order valence-corrected chi connectivity index (χ1v) is 7.10. The number of carbonyl (C=O) groups excluding carboxylic acids is 1. The highest BCUT2D eigenvalue weighted by molar-refractivity contribution is 7.11. The lowest BCUT2D eigenvalue weighted by Gasteiger charge is -2.12. The van der Waals surface area contributed by atoms with E-state index in [1.165, 1.54) is 17.6 Å². The minimum absolute atomic E-state index is 0.0273. The number of hydrogen-bond donors (Lipinski definition) is 2. The summed E-state index contributed by atoms with van der Waals surface area (Å²) in [5.41, 5.74) is 5.87. The molecular weight excluding hydrogens is 276 g/mol. The molecule has 0 unspecified atom stereocenters. The van der Waals surface area contributed by atoms with Crippen molar-refractivity contribution in [2.24, 2.45) is 5.73 Å². The van der Waals surface area contributed by atoms with E-state index < -0.39 is 0 Å². The Bertz CT molecular complexity index is 598. The molecule has 3 N–H and O–H groups in total. The third kappa shape index (κ3) is 3.43. The van der Waals surface area contributed by atoms with Gasteiger partial charge in [-0.3, -0.25) is 4.79 Å². The molecular formula is C13H18N4O2S. The standard InChI is InChI=1S/C13H18N4O2S/c1-13(2,3)12-17-16-10(20-12)6-15-11(18)8-4-9(5-14)19-7-8/h4,7H,5-6,14H2,1-3H3,(H,15,18). The van der Waals surface area contributed by atoms with Gasteiger partial charge in [-0.1, -0.05) is 32.1 Å². The highest BCUT2D eigenvalue weighted by Crippen LogP contribution is 2.25. The smallest absolute Gasteiger partial charge is 0.254 e. The van der Waals surface area contributed by atoms with Crippen LogP contribution in [0.3, 0.4) is 0 Å². The van der Waals surface area contributed by atoms with Gasteiger partial charge in [-0.2, -0.15) is 0 Å². The molecule has 1 amide bonds. The molecule has 2 aromatic rings. The zero-order chi connectivity index (χ0) is 14.8. The zero-order valence-electron chi connectivity index (χ0n) is 11.8. The van der Waals surface area contributed by atoms with Crippen LogP contribution in [0.25, 0.3) is 0 Å². The highest BCUT2D eigenvalue weighted by Gasteiger charge is 2.19. The molecule has 2 rings (SSSR count). The second-order valence-electron chi connectivity index (χ2n) is 5.44. The van der Waals surface area contributed by atoms with Crippen LogP contribution in [0, 0.1) is 0 Å². The van der Waals surface area contributed by atoms with E-state index in [4.69, 9.17) is 10.2 Å². The molecule has 0 atom stereocenters. The van der Waals surface area contributed by atoms with Crippen LogP contribution in [0.2, 0.25) is 0 Å². The van der Waals surface area contributed by atoms with Crippen molar-refractivity contribution in [3.63, 3.8) is 0 Å². The Morgan fingerprint density at radius 2 is 2.20 bits per heavy atom. The van der Waals surface area contributed by atoms with E-state index >= 15 is 0 Å². The Kier molecular flexibility index (Phi) is 4.20. The van der Waals surface area contributed by atoms with Gasteiger partial charge in [0.1, 0.15) is 22.0 Å². The van der Waals surface area contributed by atoms with Gasteiger partial charge in [0, 0.05) is 5.41 Å². The molecule has 7 heteroatoms. The second-order valence-corrected chi connectivity index (χ2v) is 6.50. The van der Waals surface area contributed by atoms with E-state index in [0.717, 1.165) is 10.0 Å². The predicted octanol–water partition coefficient (Wildman–Crippen LogP) is 1.82. The summed E-state index contributed by atoms with van der Waals surface area (Å²) < 4.78 is 5.12. The van der Waals surface area contributed by atoms with E-state index in [2.05, 4.69) is 36.3 Å². The molecule has 0 aromatic carbocycles. The molecule has 0 spiro atoms. The van der Waals surface area contributed by atoms with Gasteiger partial charge < -0.3 is 15.5 Å². The van der Waals surface area contributed by atoms with Crippen molar-refractivity contribution in [2.75, 3.05) is 0 Å². The van der Waals surface area contributed by atoms with Crippen molar-refractivity contribution >= 4 is 17.2 Å². The molecule has 0 bridgehead atoms. The fraction of sp³-hybridized carbons (Fsp3) is 0.462. The van der Waals surface area contributed by atoms with Crippen LogP contribution < -0.4 is 11.1 Å². The van der Waals surface area contributed by atoms with E-state index in [1.807, 2.05) is 0 Å². The van der Waals surface area contributed by atoms with Crippen molar-refractivity contribution in [2.45, 2.75) is 39.3 Å². The minimum Gasteiger partial charge on any atom is -0.467 e. The average molecular weight is 294 g/mol. The van der Waals surface area contributed by atoms with Gasteiger partial charge in [0.05, 0.1) is 18.7 Å². The number of nitrogens with one attached hydrogen (secondary N) is 1. The summed E-state index contributed by atoms with van der Waals surface area (Å²) in [7, 11) is 0. The number of nitrogens with two attached hydrogens (primary N) is 1. The van der Waals surface area contributed by atoms with E-state index in [9.17, 15) is 4.79 Å². The van der Waals surface area contributed by atoms with Crippen molar-refractivity contribution in [3.8, 4) is 0 Å². The molecule has 0 radical (unpaired) electrons. The van der Waals surface area contributed by atoms with Gasteiger partial charge in [0.15, 0.2) is 0 Å². The van der Waals surface area contributed by atoms with Crippen molar-refractivity contribution in [1.29, 1.82) is 0 Å². The van der Waals surface area contributed by atoms with Gasteiger partial charge in [0.2, 0.25) is 0 Å². The van der Waals surface area contributed by atoms with Gasteiger partial charge in [0.25, 0.3) is 5.91 Å². The average Bonchev–Trinajstić information content (AvgIpc) is 3.04. The fourth-order valence-electron chi connectivity index (χ4n) is 1.49. The maximum absolute atomic E-state index is 11.9. The zero-order valence-corrected chi connectivity index (χ0v) is 12.6. The number of hydrogen-bond acceptors (Lipinski definition) is 6. The van der Waals surface area contributed by atoms with Crippen LogP contribution in [-0.4, -0.2) is 16.1 Å². The summed E-state index contributed by atoms with van der Waals surface area (Å²) in [5, 5.41) is 12.7. The van der Waals surface area contributed by atoms with Gasteiger partial charge >= 0.3 is 0 Å². The lowest BCUT2D eigenvalue weighted by molar-refractivity contribution is 0.0950. The molecule has 2 heterocycles. The first-order valence-electron chi connectivity index (χ1n) is 6.28. The molecule has 0 aliphatic rings. The topological polar surface area (TPSA) is 94.0 Å². The fourth-order valence-corrected chi connectivity index (χ4v) is 2.33. The van der Waals surface area contributed by atoms with E-state index in [-0.39, 0.29) is 17.9 Å². The Labute approximate surface area is 121 Å². The van der Waals surface area contributed by atoms with Crippen LogP contribution in [0.4, 0.5) is 0 Å². The third-order valence-electron chi connectivity index (χ3n) is 2.63. The van der Waals surface area contributed by atoms with Crippen molar-refractivity contribution in [3.05, 3.63) is 33.7 Å². The van der Waals surface area contributed by atoms with Crippen LogP contribution >= 0.6 is 11.3 Å². The quantitative estimate of drug-likeness (QED) is 0.897. The van der Waals surface area contributed by atoms with Gasteiger partial charge in [-0.15, -0.1) is 10.2 Å². The SMILES string of the molecule is CC(C)(C)c1nnc(CNC(=O)c2coc(CN)c2)s1. The molecule has 0 aliphatic heterocycles. The highest BCUT2D eigenvalue weighted by atomic mass is 32.1. The van der Waals surface area contributed by atoms with E-state index in [1.54, 1.807) is 6.07 Å². The largest absolute Gasteiger partial charge is 0.467 e. The van der Waals surface area contributed by atoms with Crippen LogP contribution in [-0.2, 0) is 18.5 Å². The Morgan fingerprint density at radius 3 is 2.75 bits per heavy atom. The molecule has 2 aromatic heterocycles. The summed E-state index contributed by atoms with van der Waals surface area (Å²) in [5.74, 6) is 0.377. The lowest BCUT2D eigenvalue weighted by atomic mass is 9.98. The molecule has 0 aliphatic carbocycles. The normalized spacial score (nSPS) is 11.6. The molecule has 0 saturated carbocycles. The van der Waals surface area contributed by atoms with Crippen LogP contribution in [0.15, 0.2) is 16.7 Å². The number of rotatable bonds is 4. The summed E-state index contributed by atoms with van der Waals surface area (Å²) in [6, 6.07) is 1.63. The number of aromatic nitrogens is 2. The minimum atomic E-state index is -0.207. The van der Waals surface area contributed by atoms with Crippen LogP contribution in [0.1, 0.15) is 46.9 Å². The molecule has 20 heavy (non-hydrogen) atoms. The Morgan fingerprint density at radius 1 is 1.45 bits per heavy atom. The number of amides is 1. The first-order chi connectivity index (χ1) is 9.40. The summed E-state index contributed by atoms with van der Waals surface area (Å²) >= 11 is 1.51. The predicted molar refractivity (Wildman–Crippen MR) is 76.4 cm³/mol. The van der Waals surface area contributed by atoms with Crippen molar-refractivity contribution in [1.82, 2.24) is 15.5 Å². The Hall–Kier alpha value is -1.73. The maximum Gasteiger partial charge on any atom is 0.254 e. The number of furan rings is 1. The second kappa shape index (κ2) is 5.72. The maximum atomic E-state index is 11.9. The van der Waals surface area contributed by atoms with E-state index in [0.29, 0.717) is 17.9 Å². The summed E-state index contributed by atoms with van der Waals surface area (Å²) in [6.45, 7) is 6.87. The van der Waals surface area contributed by atoms with Crippen LogP contribution in [0.5, 0.6) is 0 Å². The number of carbonyl (C=O) groups is 1. The molecule has 0 fully saturated rings. The Balaban J connectivity index is 1.95. The summed E-state index contributed by atoms with van der Waals surface area (Å²) in [4.78, 5) is 11.9. The van der Waals surface area contributed by atoms with Gasteiger partial charge in [-0.05, 0) is 6.07 Å². The molecule has 0 saturated heterocycles. The lowest BCUT2D eigenvalue weighted by Crippen LogP contribution is -2.22. The van der Waals surface area contributed by atoms with Gasteiger partial charge in [-0.25, -0.2) is 0 Å². The first kappa shape index (κ1) is 14.7. The third-order valence-corrected chi connectivity index (χ3v) is 3.97. The number of nitrogens with zero attached hydrogens (tertiary/aromatic N) is 2. The molecule has 6 nitrogen and oxygen atoms in total. The van der Waals surface area contributed by atoms with Crippen molar-refractivity contribution < 1.29 is 9.21 Å². The summed E-state index contributed by atoms with van der Waals surface area (Å²) in [6.07, 6.45) is 1.40.